The number of carboxylic acids is 2. The number of carboxylic acid groups (broad SMARTS) is 2. The normalized spacial score (nSPS) is 13.2. The van der Waals surface area contributed by atoms with Crippen molar-refractivity contribution in [2.45, 2.75) is 194 Å². The first kappa shape index (κ1) is 38.7. The first-order chi connectivity index (χ1) is 19.5. The number of rotatable bonds is 32. The highest BCUT2D eigenvalue weighted by atomic mass is 16.4. The van der Waals surface area contributed by atoms with Crippen LogP contribution in [0.4, 0.5) is 0 Å². The van der Waals surface area contributed by atoms with Gasteiger partial charge in [0.05, 0.1) is 0 Å². The molecular formula is C36H68O4. The van der Waals surface area contributed by atoms with Crippen molar-refractivity contribution >= 4 is 11.9 Å². The van der Waals surface area contributed by atoms with Gasteiger partial charge >= 0.3 is 11.9 Å². The predicted molar refractivity (Wildman–Crippen MR) is 172 cm³/mol. The number of allylic oxidation sites excluding steroid dienone is 2. The summed E-state index contributed by atoms with van der Waals surface area (Å²) in [6.45, 7) is 4.41. The smallest absolute Gasteiger partial charge is 0.303 e. The summed E-state index contributed by atoms with van der Waals surface area (Å²) in [7, 11) is 0. The van der Waals surface area contributed by atoms with Gasteiger partial charge in [0.1, 0.15) is 0 Å². The summed E-state index contributed by atoms with van der Waals surface area (Å²) in [5.74, 6) is -0.0650. The third-order valence-corrected chi connectivity index (χ3v) is 8.56. The molecule has 0 spiro atoms. The predicted octanol–water partition coefficient (Wildman–Crippen LogP) is 11.9. The third-order valence-electron chi connectivity index (χ3n) is 8.56. The van der Waals surface area contributed by atoms with E-state index in [4.69, 9.17) is 10.2 Å². The molecule has 0 aromatic rings. The van der Waals surface area contributed by atoms with E-state index >= 15 is 0 Å². The summed E-state index contributed by atoms with van der Waals surface area (Å²) in [5, 5.41) is 17.8. The molecule has 0 saturated carbocycles. The molecule has 0 unspecified atom stereocenters. The average molecular weight is 565 g/mol. The molecule has 0 rings (SSSR count). The highest BCUT2D eigenvalue weighted by molar-refractivity contribution is 5.66. The van der Waals surface area contributed by atoms with E-state index in [1.807, 2.05) is 0 Å². The summed E-state index contributed by atoms with van der Waals surface area (Å²) in [4.78, 5) is 21.6. The number of hydrogen-bond donors (Lipinski definition) is 2. The second-order valence-corrected chi connectivity index (χ2v) is 12.5. The molecular weight excluding hydrogens is 496 g/mol. The first-order valence-corrected chi connectivity index (χ1v) is 17.6. The maximum atomic E-state index is 10.8. The van der Waals surface area contributed by atoms with Gasteiger partial charge in [0.2, 0.25) is 0 Å². The first-order valence-electron chi connectivity index (χ1n) is 17.6. The van der Waals surface area contributed by atoms with Crippen LogP contribution in [0.25, 0.3) is 0 Å². The second kappa shape index (κ2) is 30.6. The van der Waals surface area contributed by atoms with Crippen molar-refractivity contribution in [3.63, 3.8) is 0 Å². The molecule has 236 valence electrons. The van der Waals surface area contributed by atoms with Crippen LogP contribution in [0, 0.1) is 11.8 Å². The molecule has 0 bridgehead atoms. The lowest BCUT2D eigenvalue weighted by Crippen LogP contribution is -2.04. The van der Waals surface area contributed by atoms with Gasteiger partial charge < -0.3 is 10.2 Å². The van der Waals surface area contributed by atoms with E-state index in [1.54, 1.807) is 0 Å². The Bertz CT molecular complexity index is 535. The zero-order valence-electron chi connectivity index (χ0n) is 26.8. The molecule has 0 saturated heterocycles. The van der Waals surface area contributed by atoms with Crippen molar-refractivity contribution in [2.75, 3.05) is 0 Å². The SMILES string of the molecule is CCC[C@@H](CCCCCCCCCC/C=C/CCCCCCCCCC[C@H](CCC)CCC(=O)O)CCC(=O)O. The average Bonchev–Trinajstić information content (AvgIpc) is 2.92. The summed E-state index contributed by atoms with van der Waals surface area (Å²) in [6, 6.07) is 0. The van der Waals surface area contributed by atoms with E-state index in [-0.39, 0.29) is 0 Å². The Labute approximate surface area is 249 Å². The van der Waals surface area contributed by atoms with Crippen LogP contribution in [0.15, 0.2) is 12.2 Å². The van der Waals surface area contributed by atoms with Crippen LogP contribution in [0.2, 0.25) is 0 Å². The molecule has 4 heteroatoms. The van der Waals surface area contributed by atoms with Crippen LogP contribution in [0.3, 0.4) is 0 Å². The number of aliphatic carboxylic acids is 2. The van der Waals surface area contributed by atoms with Gasteiger partial charge in [-0.1, -0.05) is 154 Å². The summed E-state index contributed by atoms with van der Waals surface area (Å²) < 4.78 is 0. The van der Waals surface area contributed by atoms with Gasteiger partial charge in [0.25, 0.3) is 0 Å². The molecule has 0 amide bonds. The van der Waals surface area contributed by atoms with Crippen LogP contribution < -0.4 is 0 Å². The molecule has 40 heavy (non-hydrogen) atoms. The lowest BCUT2D eigenvalue weighted by Gasteiger charge is -2.14. The molecule has 0 aromatic carbocycles. The highest BCUT2D eigenvalue weighted by Crippen LogP contribution is 2.23. The largest absolute Gasteiger partial charge is 0.481 e. The van der Waals surface area contributed by atoms with Crippen molar-refractivity contribution < 1.29 is 19.8 Å². The van der Waals surface area contributed by atoms with E-state index in [1.165, 1.54) is 154 Å². The molecule has 2 atom stereocenters. The molecule has 0 radical (unpaired) electrons. The summed E-state index contributed by atoms with van der Waals surface area (Å²) >= 11 is 0. The van der Waals surface area contributed by atoms with Crippen LogP contribution in [-0.2, 0) is 9.59 Å². The molecule has 0 aliphatic rings. The minimum absolute atomic E-state index is 0.335. The number of carbonyl (C=O) groups is 2. The van der Waals surface area contributed by atoms with Crippen molar-refractivity contribution in [2.24, 2.45) is 11.8 Å². The van der Waals surface area contributed by atoms with Gasteiger partial charge in [-0.2, -0.15) is 0 Å². The topological polar surface area (TPSA) is 74.6 Å². The zero-order valence-corrected chi connectivity index (χ0v) is 26.8. The Kier molecular flexibility index (Phi) is 29.6. The van der Waals surface area contributed by atoms with Crippen molar-refractivity contribution in [1.82, 2.24) is 0 Å². The summed E-state index contributed by atoms with van der Waals surface area (Å²) in [6.07, 6.45) is 38.2. The van der Waals surface area contributed by atoms with E-state index in [2.05, 4.69) is 26.0 Å². The fourth-order valence-electron chi connectivity index (χ4n) is 6.09. The van der Waals surface area contributed by atoms with E-state index < -0.39 is 11.9 Å². The zero-order chi connectivity index (χ0) is 29.5. The monoisotopic (exact) mass is 565 g/mol. The molecule has 4 nitrogen and oxygen atoms in total. The van der Waals surface area contributed by atoms with Gasteiger partial charge in [-0.25, -0.2) is 0 Å². The van der Waals surface area contributed by atoms with Gasteiger partial charge in [-0.3, -0.25) is 9.59 Å². The quantitative estimate of drug-likeness (QED) is 0.0629. The van der Waals surface area contributed by atoms with Crippen molar-refractivity contribution in [3.8, 4) is 0 Å². The second-order valence-electron chi connectivity index (χ2n) is 12.5. The highest BCUT2D eigenvalue weighted by Gasteiger charge is 2.11. The third kappa shape index (κ3) is 29.7. The van der Waals surface area contributed by atoms with Gasteiger partial charge in [0.15, 0.2) is 0 Å². The van der Waals surface area contributed by atoms with Crippen LogP contribution in [-0.4, -0.2) is 22.2 Å². The Morgan fingerprint density at radius 1 is 0.450 bits per heavy atom. The van der Waals surface area contributed by atoms with Gasteiger partial charge in [0, 0.05) is 12.8 Å². The lowest BCUT2D eigenvalue weighted by atomic mass is 9.92. The lowest BCUT2D eigenvalue weighted by molar-refractivity contribution is -0.138. The Hall–Kier alpha value is -1.32. The minimum Gasteiger partial charge on any atom is -0.481 e. The minimum atomic E-state index is -0.647. The molecule has 0 aliphatic heterocycles. The van der Waals surface area contributed by atoms with Crippen molar-refractivity contribution in [1.29, 1.82) is 0 Å². The Balaban J connectivity index is 3.39. The maximum absolute atomic E-state index is 10.8. The van der Waals surface area contributed by atoms with E-state index in [0.717, 1.165) is 12.8 Å². The standard InChI is InChI=1S/C36H68O4/c1-3-25-33(29-31-35(37)38)27-23-21-19-17-15-13-11-9-7-5-6-8-10-12-14-16-18-20-22-24-28-34(26-4-2)30-32-36(39)40/h5-6,33-34H,3-4,7-32H2,1-2H3,(H,37,38)(H,39,40)/b6-5+/t33-,34-/m0/s1. The molecule has 0 heterocycles. The Morgan fingerprint density at radius 2 is 0.750 bits per heavy atom. The fraction of sp³-hybridized carbons (Fsp3) is 0.889. The molecule has 2 N–H and O–H groups in total. The van der Waals surface area contributed by atoms with E-state index in [9.17, 15) is 9.59 Å². The van der Waals surface area contributed by atoms with Crippen LogP contribution in [0.1, 0.15) is 194 Å². The van der Waals surface area contributed by atoms with Crippen LogP contribution >= 0.6 is 0 Å². The molecule has 0 aliphatic carbocycles. The van der Waals surface area contributed by atoms with Gasteiger partial charge in [-0.05, 0) is 50.4 Å². The number of unbranched alkanes of at least 4 members (excludes halogenated alkanes) is 16. The number of hydrogen-bond acceptors (Lipinski definition) is 2. The van der Waals surface area contributed by atoms with E-state index in [0.29, 0.717) is 24.7 Å². The fourth-order valence-corrected chi connectivity index (χ4v) is 6.09. The van der Waals surface area contributed by atoms with Crippen molar-refractivity contribution in [3.05, 3.63) is 12.2 Å². The van der Waals surface area contributed by atoms with Gasteiger partial charge in [-0.15, -0.1) is 0 Å². The molecule has 0 fully saturated rings. The van der Waals surface area contributed by atoms with Crippen LogP contribution in [0.5, 0.6) is 0 Å². The summed E-state index contributed by atoms with van der Waals surface area (Å²) in [5.41, 5.74) is 0. The Morgan fingerprint density at radius 3 is 1.05 bits per heavy atom. The molecule has 0 aromatic heterocycles. The maximum Gasteiger partial charge on any atom is 0.303 e.